The van der Waals surface area contributed by atoms with Crippen molar-refractivity contribution in [2.24, 2.45) is 5.92 Å². The normalized spacial score (nSPS) is 17.1. The van der Waals surface area contributed by atoms with Gasteiger partial charge in [0.05, 0.1) is 23.7 Å². The number of hydrogen-bond donors (Lipinski definition) is 1. The quantitative estimate of drug-likeness (QED) is 0.908. The maximum absolute atomic E-state index is 12.8. The van der Waals surface area contributed by atoms with Crippen molar-refractivity contribution in [3.63, 3.8) is 0 Å². The van der Waals surface area contributed by atoms with Crippen LogP contribution in [0, 0.1) is 19.8 Å². The van der Waals surface area contributed by atoms with Crippen LogP contribution in [-0.2, 0) is 11.3 Å². The average Bonchev–Trinajstić information content (AvgIpc) is 3.15. The van der Waals surface area contributed by atoms with Crippen molar-refractivity contribution in [2.75, 3.05) is 13.1 Å². The molecule has 1 atom stereocenters. The Morgan fingerprint density at radius 1 is 1.28 bits per heavy atom. The number of aryl methyl sites for hydroxylation is 1. The van der Waals surface area contributed by atoms with Gasteiger partial charge in [-0.05, 0) is 38.0 Å². The molecule has 0 spiro atoms. The lowest BCUT2D eigenvalue weighted by atomic mass is 10.1. The third-order valence-electron chi connectivity index (χ3n) is 4.67. The lowest BCUT2D eigenvalue weighted by Crippen LogP contribution is -2.30. The minimum atomic E-state index is -0.845. The second-order valence-electron chi connectivity index (χ2n) is 6.40. The molecule has 0 saturated carbocycles. The molecule has 3 rings (SSSR count). The van der Waals surface area contributed by atoms with Crippen LogP contribution >= 0.6 is 11.6 Å². The molecule has 1 N–H and O–H groups in total. The van der Waals surface area contributed by atoms with E-state index in [2.05, 4.69) is 5.10 Å². The number of aromatic nitrogens is 2. The molecule has 1 amide bonds. The van der Waals surface area contributed by atoms with Gasteiger partial charge in [0.2, 0.25) is 0 Å². The molecule has 2 aromatic rings. The Balaban J connectivity index is 1.81. The number of hydrogen-bond acceptors (Lipinski definition) is 3. The van der Waals surface area contributed by atoms with E-state index in [9.17, 15) is 9.59 Å². The highest BCUT2D eigenvalue weighted by Gasteiger charge is 2.33. The SMILES string of the molecule is Cc1nn(Cc2ccc(Cl)cc2)c(C)c1C(=O)N1CC[C@@H](C(=O)O)C1. The topological polar surface area (TPSA) is 75.4 Å². The van der Waals surface area contributed by atoms with Gasteiger partial charge >= 0.3 is 5.97 Å². The fourth-order valence-electron chi connectivity index (χ4n) is 3.23. The number of aliphatic carboxylic acids is 1. The number of carbonyl (C=O) groups is 2. The summed E-state index contributed by atoms with van der Waals surface area (Å²) in [5.74, 6) is -1.46. The minimum Gasteiger partial charge on any atom is -0.481 e. The zero-order chi connectivity index (χ0) is 18.1. The van der Waals surface area contributed by atoms with Crippen molar-refractivity contribution in [3.8, 4) is 0 Å². The Kier molecular flexibility index (Phi) is 4.81. The molecule has 1 fully saturated rings. The van der Waals surface area contributed by atoms with Gasteiger partial charge in [-0.15, -0.1) is 0 Å². The van der Waals surface area contributed by atoms with E-state index in [-0.39, 0.29) is 12.5 Å². The van der Waals surface area contributed by atoms with E-state index in [1.165, 1.54) is 0 Å². The van der Waals surface area contributed by atoms with Crippen molar-refractivity contribution >= 4 is 23.5 Å². The molecule has 1 aliphatic rings. The fourth-order valence-corrected chi connectivity index (χ4v) is 3.35. The average molecular weight is 362 g/mol. The highest BCUT2D eigenvalue weighted by atomic mass is 35.5. The molecule has 1 aromatic heterocycles. The van der Waals surface area contributed by atoms with Gasteiger partial charge in [-0.25, -0.2) is 0 Å². The smallest absolute Gasteiger partial charge is 0.308 e. The van der Waals surface area contributed by atoms with Crippen LogP contribution in [0.25, 0.3) is 0 Å². The van der Waals surface area contributed by atoms with Crippen LogP contribution in [0.2, 0.25) is 5.02 Å². The van der Waals surface area contributed by atoms with Crippen LogP contribution in [0.1, 0.15) is 33.7 Å². The zero-order valence-corrected chi connectivity index (χ0v) is 15.0. The Hall–Kier alpha value is -2.34. The number of nitrogens with zero attached hydrogens (tertiary/aromatic N) is 3. The van der Waals surface area contributed by atoms with Crippen molar-refractivity contribution in [1.82, 2.24) is 14.7 Å². The van der Waals surface area contributed by atoms with Gasteiger partial charge in [0, 0.05) is 23.8 Å². The molecule has 132 valence electrons. The van der Waals surface area contributed by atoms with Gasteiger partial charge < -0.3 is 10.0 Å². The van der Waals surface area contributed by atoms with Crippen LogP contribution in [0.5, 0.6) is 0 Å². The number of amides is 1. The van der Waals surface area contributed by atoms with Crippen LogP contribution in [-0.4, -0.2) is 44.8 Å². The van der Waals surface area contributed by atoms with Crippen LogP contribution in [0.15, 0.2) is 24.3 Å². The predicted octanol–water partition coefficient (Wildman–Crippen LogP) is 2.75. The second kappa shape index (κ2) is 6.88. The molecule has 6 nitrogen and oxygen atoms in total. The largest absolute Gasteiger partial charge is 0.481 e. The van der Waals surface area contributed by atoms with Gasteiger partial charge in [-0.1, -0.05) is 23.7 Å². The molecule has 25 heavy (non-hydrogen) atoms. The third kappa shape index (κ3) is 3.54. The zero-order valence-electron chi connectivity index (χ0n) is 14.2. The van der Waals surface area contributed by atoms with E-state index < -0.39 is 11.9 Å². The highest BCUT2D eigenvalue weighted by molar-refractivity contribution is 6.30. The molecular formula is C18H20ClN3O3. The molecule has 1 aliphatic heterocycles. The van der Waals surface area contributed by atoms with E-state index >= 15 is 0 Å². The van der Waals surface area contributed by atoms with Gasteiger partial charge in [0.1, 0.15) is 0 Å². The highest BCUT2D eigenvalue weighted by Crippen LogP contribution is 2.23. The summed E-state index contributed by atoms with van der Waals surface area (Å²) in [4.78, 5) is 25.6. The second-order valence-corrected chi connectivity index (χ2v) is 6.84. The van der Waals surface area contributed by atoms with Crippen LogP contribution < -0.4 is 0 Å². The maximum atomic E-state index is 12.8. The van der Waals surface area contributed by atoms with Crippen LogP contribution in [0.4, 0.5) is 0 Å². The van der Waals surface area contributed by atoms with Gasteiger partial charge in [-0.2, -0.15) is 5.10 Å². The molecule has 1 aromatic carbocycles. The number of likely N-dealkylation sites (tertiary alicyclic amines) is 1. The summed E-state index contributed by atoms with van der Waals surface area (Å²) in [6.07, 6.45) is 0.498. The number of benzene rings is 1. The minimum absolute atomic E-state index is 0.138. The molecule has 0 bridgehead atoms. The number of carbonyl (C=O) groups excluding carboxylic acids is 1. The molecule has 0 aliphatic carbocycles. The third-order valence-corrected chi connectivity index (χ3v) is 4.92. The van der Waals surface area contributed by atoms with Gasteiger partial charge in [0.15, 0.2) is 0 Å². The Morgan fingerprint density at radius 3 is 2.56 bits per heavy atom. The summed E-state index contributed by atoms with van der Waals surface area (Å²) in [6.45, 7) is 4.96. The number of carboxylic acids is 1. The van der Waals surface area contributed by atoms with Crippen molar-refractivity contribution in [3.05, 3.63) is 51.8 Å². The number of carboxylic acid groups (broad SMARTS) is 1. The standard InChI is InChI=1S/C18H20ClN3O3/c1-11-16(17(23)21-8-7-14(10-21)18(24)25)12(2)22(20-11)9-13-3-5-15(19)6-4-13/h3-6,14H,7-10H2,1-2H3,(H,24,25)/t14-/m1/s1. The van der Waals surface area contributed by atoms with E-state index in [0.29, 0.717) is 35.8 Å². The molecule has 0 unspecified atom stereocenters. The van der Waals surface area contributed by atoms with Gasteiger partial charge in [-0.3, -0.25) is 14.3 Å². The summed E-state index contributed by atoms with van der Waals surface area (Å²) < 4.78 is 1.80. The van der Waals surface area contributed by atoms with E-state index in [0.717, 1.165) is 11.3 Å². The first-order valence-corrected chi connectivity index (χ1v) is 8.55. The number of rotatable bonds is 4. The first-order chi connectivity index (χ1) is 11.9. The fraction of sp³-hybridized carbons (Fsp3) is 0.389. The van der Waals surface area contributed by atoms with E-state index in [1.807, 2.05) is 38.1 Å². The summed E-state index contributed by atoms with van der Waals surface area (Å²) in [5.41, 5.74) is 3.06. The molecular weight excluding hydrogens is 342 g/mol. The Labute approximate surface area is 151 Å². The Morgan fingerprint density at radius 2 is 1.96 bits per heavy atom. The van der Waals surface area contributed by atoms with E-state index in [4.69, 9.17) is 16.7 Å². The monoisotopic (exact) mass is 361 g/mol. The Bertz CT molecular complexity index is 814. The van der Waals surface area contributed by atoms with Crippen molar-refractivity contribution < 1.29 is 14.7 Å². The first-order valence-electron chi connectivity index (χ1n) is 8.17. The van der Waals surface area contributed by atoms with Crippen LogP contribution in [0.3, 0.4) is 0 Å². The lowest BCUT2D eigenvalue weighted by molar-refractivity contribution is -0.141. The number of halogens is 1. The molecule has 0 radical (unpaired) electrons. The molecule has 7 heteroatoms. The first kappa shape index (κ1) is 17.5. The molecule has 1 saturated heterocycles. The summed E-state index contributed by atoms with van der Waals surface area (Å²) >= 11 is 5.91. The van der Waals surface area contributed by atoms with Crippen molar-refractivity contribution in [2.45, 2.75) is 26.8 Å². The summed E-state index contributed by atoms with van der Waals surface area (Å²) in [6, 6.07) is 7.51. The molecule has 2 heterocycles. The summed E-state index contributed by atoms with van der Waals surface area (Å²) in [7, 11) is 0. The van der Waals surface area contributed by atoms with Gasteiger partial charge in [0.25, 0.3) is 5.91 Å². The lowest BCUT2D eigenvalue weighted by Gasteiger charge is -2.16. The summed E-state index contributed by atoms with van der Waals surface area (Å²) in [5, 5.41) is 14.3. The van der Waals surface area contributed by atoms with E-state index in [1.54, 1.807) is 9.58 Å². The predicted molar refractivity (Wildman–Crippen MR) is 93.9 cm³/mol. The maximum Gasteiger partial charge on any atom is 0.308 e. The van der Waals surface area contributed by atoms with Crippen molar-refractivity contribution in [1.29, 1.82) is 0 Å².